The van der Waals surface area contributed by atoms with Crippen LogP contribution in [0.2, 0.25) is 5.02 Å². The van der Waals surface area contributed by atoms with E-state index in [0.29, 0.717) is 25.5 Å². The van der Waals surface area contributed by atoms with Crippen LogP contribution in [-0.2, 0) is 13.1 Å². The smallest absolute Gasteiger partial charge is 0.274 e. The molecule has 0 bridgehead atoms. The van der Waals surface area contributed by atoms with Crippen molar-refractivity contribution in [1.82, 2.24) is 29.6 Å². The summed E-state index contributed by atoms with van der Waals surface area (Å²) in [5.41, 5.74) is 0.253. The molecule has 0 saturated carbocycles. The highest BCUT2D eigenvalue weighted by atomic mass is 35.5. The minimum absolute atomic E-state index is 0.137. The van der Waals surface area contributed by atoms with Gasteiger partial charge >= 0.3 is 0 Å². The molecular weight excluding hydrogens is 292 g/mol. The molecule has 0 radical (unpaired) electrons. The number of rotatable bonds is 2. The van der Waals surface area contributed by atoms with Crippen molar-refractivity contribution >= 4 is 17.5 Å². The van der Waals surface area contributed by atoms with Gasteiger partial charge in [-0.15, -0.1) is 10.2 Å². The Hall–Kier alpha value is -2.02. The van der Waals surface area contributed by atoms with Crippen molar-refractivity contribution in [3.8, 4) is 0 Å². The fourth-order valence-corrected chi connectivity index (χ4v) is 2.37. The van der Waals surface area contributed by atoms with Gasteiger partial charge in [-0.25, -0.2) is 9.97 Å². The standard InChI is InChI=1S/C13H15ClN6O/c1-8(2)12-15-5-9(14)11(17-12)13(21)19-3-4-20-7-16-18-10(20)6-19/h5,7-8H,3-4,6H2,1-2H3. The number of aromatic nitrogens is 5. The maximum absolute atomic E-state index is 12.6. The zero-order valence-electron chi connectivity index (χ0n) is 11.8. The molecule has 0 aromatic carbocycles. The Morgan fingerprint density at radius 1 is 1.38 bits per heavy atom. The van der Waals surface area contributed by atoms with Crippen molar-refractivity contribution in [1.29, 1.82) is 0 Å². The Kier molecular flexibility index (Phi) is 3.59. The van der Waals surface area contributed by atoms with Crippen molar-refractivity contribution in [3.63, 3.8) is 0 Å². The molecule has 110 valence electrons. The lowest BCUT2D eigenvalue weighted by molar-refractivity contribution is 0.0701. The van der Waals surface area contributed by atoms with E-state index in [9.17, 15) is 4.79 Å². The van der Waals surface area contributed by atoms with Crippen LogP contribution in [0.25, 0.3) is 0 Å². The third-order valence-corrected chi connectivity index (χ3v) is 3.68. The molecule has 7 nitrogen and oxygen atoms in total. The Morgan fingerprint density at radius 3 is 2.95 bits per heavy atom. The number of fused-ring (bicyclic) bond motifs is 1. The first kappa shape index (κ1) is 13.9. The molecule has 21 heavy (non-hydrogen) atoms. The van der Waals surface area contributed by atoms with Crippen LogP contribution in [0.1, 0.15) is 41.9 Å². The maximum atomic E-state index is 12.6. The predicted octanol–water partition coefficient (Wildman–Crippen LogP) is 1.50. The van der Waals surface area contributed by atoms with E-state index in [2.05, 4.69) is 20.2 Å². The molecule has 0 spiro atoms. The molecule has 2 aromatic rings. The van der Waals surface area contributed by atoms with E-state index in [1.807, 2.05) is 18.4 Å². The van der Waals surface area contributed by atoms with Crippen molar-refractivity contribution in [2.75, 3.05) is 6.54 Å². The van der Waals surface area contributed by atoms with Gasteiger partial charge in [-0.05, 0) is 0 Å². The number of hydrogen-bond donors (Lipinski definition) is 0. The summed E-state index contributed by atoms with van der Waals surface area (Å²) in [7, 11) is 0. The number of carbonyl (C=O) groups excluding carboxylic acids is 1. The quantitative estimate of drug-likeness (QED) is 0.840. The molecule has 3 rings (SSSR count). The lowest BCUT2D eigenvalue weighted by Crippen LogP contribution is -2.39. The van der Waals surface area contributed by atoms with E-state index in [4.69, 9.17) is 11.6 Å². The third-order valence-electron chi connectivity index (χ3n) is 3.41. The minimum Gasteiger partial charge on any atom is -0.328 e. The molecule has 3 heterocycles. The van der Waals surface area contributed by atoms with Gasteiger partial charge in [0.05, 0.1) is 17.8 Å². The first-order valence-electron chi connectivity index (χ1n) is 6.74. The minimum atomic E-state index is -0.196. The van der Waals surface area contributed by atoms with Crippen LogP contribution < -0.4 is 0 Å². The van der Waals surface area contributed by atoms with Crippen molar-refractivity contribution in [2.24, 2.45) is 0 Å². The average Bonchev–Trinajstić information content (AvgIpc) is 2.94. The molecule has 0 saturated heterocycles. The zero-order chi connectivity index (χ0) is 15.0. The van der Waals surface area contributed by atoms with E-state index in [1.165, 1.54) is 6.20 Å². The van der Waals surface area contributed by atoms with Crippen molar-refractivity contribution in [3.05, 3.63) is 34.9 Å². The Labute approximate surface area is 127 Å². The summed E-state index contributed by atoms with van der Waals surface area (Å²) in [5.74, 6) is 1.32. The normalized spacial score (nSPS) is 14.4. The second kappa shape index (κ2) is 5.40. The maximum Gasteiger partial charge on any atom is 0.274 e. The van der Waals surface area contributed by atoms with Crippen molar-refractivity contribution in [2.45, 2.75) is 32.9 Å². The summed E-state index contributed by atoms with van der Waals surface area (Å²) in [4.78, 5) is 22.8. The third kappa shape index (κ3) is 2.61. The number of halogens is 1. The molecule has 0 N–H and O–H groups in total. The van der Waals surface area contributed by atoms with Crippen LogP contribution in [0.4, 0.5) is 0 Å². The highest BCUT2D eigenvalue weighted by Gasteiger charge is 2.26. The summed E-state index contributed by atoms with van der Waals surface area (Å²) < 4.78 is 1.94. The van der Waals surface area contributed by atoms with E-state index in [1.54, 1.807) is 11.2 Å². The van der Waals surface area contributed by atoms with Gasteiger partial charge < -0.3 is 9.47 Å². The Bertz CT molecular complexity index is 683. The first-order valence-corrected chi connectivity index (χ1v) is 7.12. The number of nitrogens with zero attached hydrogens (tertiary/aromatic N) is 6. The lowest BCUT2D eigenvalue weighted by atomic mass is 10.2. The van der Waals surface area contributed by atoms with Crippen LogP contribution >= 0.6 is 11.6 Å². The topological polar surface area (TPSA) is 76.8 Å². The summed E-state index contributed by atoms with van der Waals surface area (Å²) in [5, 5.41) is 8.13. The summed E-state index contributed by atoms with van der Waals surface area (Å²) in [6, 6.07) is 0. The average molecular weight is 307 g/mol. The van der Waals surface area contributed by atoms with Crippen molar-refractivity contribution < 1.29 is 4.79 Å². The van der Waals surface area contributed by atoms with Gasteiger partial charge in [0.2, 0.25) is 0 Å². The molecule has 1 amide bonds. The van der Waals surface area contributed by atoms with E-state index in [-0.39, 0.29) is 22.5 Å². The fraction of sp³-hybridized carbons (Fsp3) is 0.462. The van der Waals surface area contributed by atoms with Gasteiger partial charge in [0.1, 0.15) is 12.2 Å². The van der Waals surface area contributed by atoms with E-state index < -0.39 is 0 Å². The molecule has 1 aliphatic heterocycles. The molecule has 1 aliphatic rings. The number of hydrogen-bond acceptors (Lipinski definition) is 5. The fourth-order valence-electron chi connectivity index (χ4n) is 2.20. The van der Waals surface area contributed by atoms with Crippen LogP contribution in [-0.4, -0.2) is 42.1 Å². The van der Waals surface area contributed by atoms with E-state index >= 15 is 0 Å². The van der Waals surface area contributed by atoms with Gasteiger partial charge in [-0.1, -0.05) is 25.4 Å². The highest BCUT2D eigenvalue weighted by Crippen LogP contribution is 2.20. The molecular formula is C13H15ClN6O. The highest BCUT2D eigenvalue weighted by molar-refractivity contribution is 6.33. The van der Waals surface area contributed by atoms with Gasteiger partial charge in [0, 0.05) is 19.0 Å². The molecule has 8 heteroatoms. The number of carbonyl (C=O) groups is 1. The van der Waals surface area contributed by atoms with Crippen LogP contribution in [0.3, 0.4) is 0 Å². The molecule has 0 aliphatic carbocycles. The van der Waals surface area contributed by atoms with Gasteiger partial charge in [0.15, 0.2) is 11.5 Å². The SMILES string of the molecule is CC(C)c1ncc(Cl)c(C(=O)N2CCn3cnnc3C2)n1. The first-order chi connectivity index (χ1) is 10.1. The zero-order valence-corrected chi connectivity index (χ0v) is 12.6. The summed E-state index contributed by atoms with van der Waals surface area (Å²) in [6.07, 6.45) is 3.16. The molecule has 0 unspecified atom stereocenters. The summed E-state index contributed by atoms with van der Waals surface area (Å²) in [6.45, 7) is 5.62. The Morgan fingerprint density at radius 2 is 2.19 bits per heavy atom. The monoisotopic (exact) mass is 306 g/mol. The predicted molar refractivity (Wildman–Crippen MR) is 75.9 cm³/mol. The summed E-state index contributed by atoms with van der Waals surface area (Å²) >= 11 is 6.09. The molecule has 0 fully saturated rings. The molecule has 2 aromatic heterocycles. The Balaban J connectivity index is 1.87. The van der Waals surface area contributed by atoms with Gasteiger partial charge in [-0.2, -0.15) is 0 Å². The van der Waals surface area contributed by atoms with Gasteiger partial charge in [0.25, 0.3) is 5.91 Å². The van der Waals surface area contributed by atoms with Gasteiger partial charge in [-0.3, -0.25) is 4.79 Å². The lowest BCUT2D eigenvalue weighted by Gasteiger charge is -2.27. The largest absolute Gasteiger partial charge is 0.328 e. The van der Waals surface area contributed by atoms with Crippen LogP contribution in [0.5, 0.6) is 0 Å². The molecule has 0 atom stereocenters. The second-order valence-corrected chi connectivity index (χ2v) is 5.65. The second-order valence-electron chi connectivity index (χ2n) is 5.25. The number of amides is 1. The van der Waals surface area contributed by atoms with Crippen LogP contribution in [0, 0.1) is 0 Å². The van der Waals surface area contributed by atoms with E-state index in [0.717, 1.165) is 5.82 Å². The van der Waals surface area contributed by atoms with Crippen LogP contribution in [0.15, 0.2) is 12.5 Å².